The van der Waals surface area contributed by atoms with Crippen LogP contribution in [0.4, 0.5) is 15.3 Å². The summed E-state index contributed by atoms with van der Waals surface area (Å²) in [4.78, 5) is 120. The highest BCUT2D eigenvalue weighted by Crippen LogP contribution is 2.71. The summed E-state index contributed by atoms with van der Waals surface area (Å²) in [5.74, 6) is -4.74. The van der Waals surface area contributed by atoms with Crippen LogP contribution in [0, 0.1) is 34.0 Å². The van der Waals surface area contributed by atoms with Crippen LogP contribution in [-0.2, 0) is 65.5 Å². The lowest BCUT2D eigenvalue weighted by atomic mass is 9.38. The first kappa shape index (κ1) is 65.4. The molecule has 8 aliphatic rings. The number of nitrogens with zero attached hydrogens (tertiary/aromatic N) is 2. The van der Waals surface area contributed by atoms with Crippen LogP contribution >= 0.6 is 0 Å². The number of Topliss-reactive ketones (excluding diaryl/α,β-unsaturated/α-hetero) is 1. The number of amides is 6. The Kier molecular flexibility index (Phi) is 19.7. The van der Waals surface area contributed by atoms with Crippen molar-refractivity contribution in [2.45, 2.75) is 172 Å². The summed E-state index contributed by atoms with van der Waals surface area (Å²) in [5, 5.41) is 33.6. The van der Waals surface area contributed by atoms with Crippen molar-refractivity contribution in [3.63, 3.8) is 0 Å². The highest BCUT2D eigenvalue weighted by Gasteiger charge is 2.76. The molecule has 2 aromatic carbocycles. The fourth-order valence-electron chi connectivity index (χ4n) is 15.7. The molecule has 23 nitrogen and oxygen atoms in total. The molecule has 1 saturated heterocycles. The minimum Gasteiger partial charge on any atom is -0.481 e. The molecule has 0 radical (unpaired) electrons. The van der Waals surface area contributed by atoms with Crippen molar-refractivity contribution < 1.29 is 72.3 Å². The number of anilines is 1. The van der Waals surface area contributed by atoms with Gasteiger partial charge in [0.25, 0.3) is 0 Å². The summed E-state index contributed by atoms with van der Waals surface area (Å²) >= 11 is 0. The third-order valence-electron chi connectivity index (χ3n) is 19.9. The number of aliphatic hydroxyl groups excluding tert-OH is 1. The molecule has 0 unspecified atom stereocenters. The Labute approximate surface area is 514 Å². The van der Waals surface area contributed by atoms with Gasteiger partial charge in [0.1, 0.15) is 31.4 Å². The predicted molar refractivity (Wildman–Crippen MR) is 321 cm³/mol. The summed E-state index contributed by atoms with van der Waals surface area (Å²) in [5.41, 5.74) is 7.26. The first-order valence-electron chi connectivity index (χ1n) is 31.0. The van der Waals surface area contributed by atoms with Crippen molar-refractivity contribution in [2.75, 3.05) is 52.2 Å². The number of nitrogens with two attached hydrogens (primary N) is 1. The molecule has 2 aromatic rings. The maximum Gasteiger partial charge on any atom is 0.409 e. The van der Waals surface area contributed by atoms with Gasteiger partial charge in [-0.15, -0.1) is 0 Å². The average Bonchev–Trinajstić information content (AvgIpc) is 1.61. The number of nitrogens with one attached hydrogen (secondary N) is 5. The van der Waals surface area contributed by atoms with Gasteiger partial charge in [0.15, 0.2) is 23.5 Å². The summed E-state index contributed by atoms with van der Waals surface area (Å²) in [6.45, 7) is 8.81. The number of aliphatic carboxylic acids is 1. The number of allylic oxidation sites excluding steroid dienone is 4. The fourth-order valence-corrected chi connectivity index (χ4v) is 15.7. The monoisotopic (exact) mass is 1220 g/mol. The lowest BCUT2D eigenvalue weighted by Crippen LogP contribution is -2.72. The van der Waals surface area contributed by atoms with Crippen LogP contribution in [0.3, 0.4) is 0 Å². The van der Waals surface area contributed by atoms with Gasteiger partial charge >= 0.3 is 18.2 Å². The van der Waals surface area contributed by atoms with E-state index < -0.39 is 114 Å². The summed E-state index contributed by atoms with van der Waals surface area (Å²) in [6.07, 6.45) is 8.63. The molecule has 478 valence electrons. The molecule has 9 N–H and O–H groups in total. The van der Waals surface area contributed by atoms with Crippen molar-refractivity contribution in [1.82, 2.24) is 31.1 Å². The first-order chi connectivity index (χ1) is 41.7. The van der Waals surface area contributed by atoms with Gasteiger partial charge in [0.2, 0.25) is 23.6 Å². The van der Waals surface area contributed by atoms with Crippen LogP contribution < -0.4 is 32.3 Å². The predicted octanol–water partition coefficient (Wildman–Crippen LogP) is 5.14. The molecule has 1 aliphatic heterocycles. The number of carbonyl (C=O) groups excluding carboxylic acids is 8. The zero-order chi connectivity index (χ0) is 63.5. The quantitative estimate of drug-likeness (QED) is 0.0537. The van der Waals surface area contributed by atoms with E-state index in [4.69, 9.17) is 24.7 Å². The van der Waals surface area contributed by atoms with Gasteiger partial charge in [-0.3, -0.25) is 33.6 Å². The molecule has 11 atom stereocenters. The lowest BCUT2D eigenvalue weighted by Gasteiger charge is -2.69. The lowest BCUT2D eigenvalue weighted by molar-refractivity contribution is -0.201. The van der Waals surface area contributed by atoms with E-state index in [0.717, 1.165) is 49.8 Å². The van der Waals surface area contributed by atoms with Crippen molar-refractivity contribution in [1.29, 1.82) is 0 Å². The van der Waals surface area contributed by atoms with E-state index in [2.05, 4.69) is 45.6 Å². The zero-order valence-electron chi connectivity index (χ0n) is 51.7. The van der Waals surface area contributed by atoms with Crippen LogP contribution in [0.2, 0.25) is 0 Å². The maximum absolute atomic E-state index is 14.5. The number of aliphatic hydroxyl groups is 1. The molecule has 6 amide bonds. The standard InChI is InChI=1S/C65H88N8O15/c1-38(2)67-25-9-8-10-48(69-39(3)75)56(81)68-32-53(78)71-49(21-22-54(79)80)57(82)70-44-18-13-41(14-19-44)34-85-59(83)72(6)26-27-73(7)60(84)86-50-31-62(5)47(46-20-17-43-28-45(76)23-24-61(43,4)55(46)50)29-52-65(62,51(77)33-74)88-58(87-52)42-15-11-40(12-16-42)30-63-35-64(66,36-63)37-63/h11-16,18-19,23-24,28,38,46-50,52,55,58,67,74H,8-10,17,20-22,25-27,29-37,66H2,1-7H3,(H,68,81)(H,69,75)(H,70,82)(H,71,78)(H,79,80)/t46-,47-,48-,49-,50-,52+,55+,58+,61-,62-,63?,64?,65+/m0/s1. The number of carboxylic acid groups (broad SMARTS) is 1. The van der Waals surface area contributed by atoms with Gasteiger partial charge in [0.05, 0.1) is 12.6 Å². The Morgan fingerprint density at radius 1 is 0.864 bits per heavy atom. The molecule has 0 spiro atoms. The molecule has 7 aliphatic carbocycles. The molecule has 1 heterocycles. The normalized spacial score (nSPS) is 30.1. The Balaban J connectivity index is 0.781. The minimum atomic E-state index is -1.55. The molecule has 2 bridgehead atoms. The van der Waals surface area contributed by atoms with Crippen molar-refractivity contribution in [3.8, 4) is 0 Å². The summed E-state index contributed by atoms with van der Waals surface area (Å²) in [7, 11) is 3.09. The SMILES string of the molecule is CC(=O)N[C@@H](CCCCNC(C)C)C(=O)NCC(=O)N[C@@H](CCC(=O)O)C(=O)Nc1ccc(COC(=O)N(C)CCN(C)C(=O)O[C@H]2C[C@@]3(C)[C@@H](C[C@H]4O[C@@H](c5ccc(CC67CC(N)(C6)C7)cc5)O[C@]43C(=O)CO)[C@@H]3CCC4=CC(=O)C=C[C@]4(C)[C@H]32)cc1. The van der Waals surface area contributed by atoms with Crippen LogP contribution in [0.1, 0.15) is 135 Å². The number of hydrogen-bond donors (Lipinski definition) is 8. The summed E-state index contributed by atoms with van der Waals surface area (Å²) in [6, 6.07) is 12.6. The fraction of sp³-hybridized carbons (Fsp3) is 0.615. The van der Waals surface area contributed by atoms with Gasteiger partial charge in [-0.05, 0) is 136 Å². The van der Waals surface area contributed by atoms with Gasteiger partial charge < -0.3 is 71.3 Å². The van der Waals surface area contributed by atoms with Gasteiger partial charge in [-0.2, -0.15) is 0 Å². The molecule has 10 rings (SSSR count). The van der Waals surface area contributed by atoms with Crippen LogP contribution in [0.5, 0.6) is 0 Å². The number of hydrogen-bond acceptors (Lipinski definition) is 16. The number of likely N-dealkylation sites (N-methyl/N-ethyl adjacent to an activating group) is 2. The number of carboxylic acids is 1. The number of benzene rings is 2. The van der Waals surface area contributed by atoms with E-state index in [1.165, 1.54) is 29.3 Å². The second-order valence-corrected chi connectivity index (χ2v) is 26.7. The van der Waals surface area contributed by atoms with Crippen LogP contribution in [-0.4, -0.2) is 162 Å². The largest absolute Gasteiger partial charge is 0.481 e. The van der Waals surface area contributed by atoms with E-state index in [1.54, 1.807) is 43.5 Å². The maximum atomic E-state index is 14.5. The van der Waals surface area contributed by atoms with Gasteiger partial charge in [0, 0.05) is 80.1 Å². The number of unbranched alkanes of at least 4 members (excludes halogenated alkanes) is 1. The Morgan fingerprint density at radius 3 is 2.18 bits per heavy atom. The average molecular weight is 1220 g/mol. The number of fused-ring (bicyclic) bond motifs is 7. The van der Waals surface area contributed by atoms with Gasteiger partial charge in [-0.1, -0.05) is 75.7 Å². The minimum absolute atomic E-state index is 0.0116. The first-order valence-corrected chi connectivity index (χ1v) is 31.0. The van der Waals surface area contributed by atoms with E-state index in [-0.39, 0.29) is 67.0 Å². The molecule has 88 heavy (non-hydrogen) atoms. The molecular weight excluding hydrogens is 1130 g/mol. The Bertz CT molecular complexity index is 3040. The smallest absolute Gasteiger partial charge is 0.409 e. The third kappa shape index (κ3) is 13.9. The number of carbonyl (C=O) groups is 9. The highest BCUT2D eigenvalue weighted by molar-refractivity contribution is 6.01. The third-order valence-corrected chi connectivity index (χ3v) is 19.9. The zero-order valence-corrected chi connectivity index (χ0v) is 51.7. The summed E-state index contributed by atoms with van der Waals surface area (Å²) < 4.78 is 25.9. The molecule has 23 heteroatoms. The molecule has 0 aromatic heterocycles. The number of rotatable bonds is 27. The van der Waals surface area contributed by atoms with Crippen molar-refractivity contribution in [3.05, 3.63) is 89.0 Å². The number of ketones is 2. The van der Waals surface area contributed by atoms with E-state index in [1.807, 2.05) is 39.0 Å². The highest BCUT2D eigenvalue weighted by atomic mass is 16.7. The number of ether oxygens (including phenoxy) is 4. The van der Waals surface area contributed by atoms with E-state index in [9.17, 15) is 53.4 Å². The van der Waals surface area contributed by atoms with Crippen LogP contribution in [0.25, 0.3) is 0 Å². The van der Waals surface area contributed by atoms with Gasteiger partial charge in [-0.25, -0.2) is 9.59 Å². The van der Waals surface area contributed by atoms with E-state index in [0.29, 0.717) is 49.4 Å². The van der Waals surface area contributed by atoms with Crippen molar-refractivity contribution >= 4 is 59.0 Å². The Morgan fingerprint density at radius 2 is 1.53 bits per heavy atom. The molecule has 7 fully saturated rings. The topological polar surface area (TPSA) is 324 Å². The van der Waals surface area contributed by atoms with Crippen LogP contribution in [0.15, 0.2) is 72.3 Å². The van der Waals surface area contributed by atoms with E-state index >= 15 is 0 Å². The molecule has 6 saturated carbocycles. The Hall–Kier alpha value is -7.05. The van der Waals surface area contributed by atoms with Crippen molar-refractivity contribution in [2.24, 2.45) is 39.7 Å². The second kappa shape index (κ2) is 26.6. The second-order valence-electron chi connectivity index (χ2n) is 26.7. The molecular formula is C65H88N8O15.